The van der Waals surface area contributed by atoms with Gasteiger partial charge in [0.05, 0.1) is 31.5 Å². The van der Waals surface area contributed by atoms with Crippen LogP contribution in [0.2, 0.25) is 0 Å². The molecule has 0 spiro atoms. The monoisotopic (exact) mass is 393 g/mol. The Hall–Kier alpha value is -3.59. The van der Waals surface area contributed by atoms with Gasteiger partial charge in [0.1, 0.15) is 17.7 Å². The van der Waals surface area contributed by atoms with E-state index >= 15 is 0 Å². The highest BCUT2D eigenvalue weighted by molar-refractivity contribution is 5.59. The summed E-state index contributed by atoms with van der Waals surface area (Å²) in [6.07, 6.45) is -0.177. The van der Waals surface area contributed by atoms with Crippen molar-refractivity contribution in [1.29, 1.82) is 0 Å². The molecule has 29 heavy (non-hydrogen) atoms. The standard InChI is InChI=1S/C20H16FN5O3/c1-27-13-6-4-5-12(9-13)17-10-26-16(11-28-17)18(23-25-26)20-22-19(24-29-20)14-7-2-3-8-15(14)21/h2-9,17H,10-11H2,1H3/t17-/m0/s1. The van der Waals surface area contributed by atoms with Gasteiger partial charge >= 0.3 is 0 Å². The van der Waals surface area contributed by atoms with Crippen LogP contribution in [0.4, 0.5) is 4.39 Å². The Morgan fingerprint density at radius 2 is 2.07 bits per heavy atom. The summed E-state index contributed by atoms with van der Waals surface area (Å²) < 4.78 is 32.3. The van der Waals surface area contributed by atoms with Crippen molar-refractivity contribution >= 4 is 0 Å². The lowest BCUT2D eigenvalue weighted by Gasteiger charge is -2.24. The number of nitrogens with zero attached hydrogens (tertiary/aromatic N) is 5. The first kappa shape index (κ1) is 17.5. The minimum Gasteiger partial charge on any atom is -0.497 e. The summed E-state index contributed by atoms with van der Waals surface area (Å²) in [5.41, 5.74) is 2.42. The van der Waals surface area contributed by atoms with E-state index in [1.807, 2.05) is 24.3 Å². The number of methoxy groups -OCH3 is 1. The molecular weight excluding hydrogens is 377 g/mol. The largest absolute Gasteiger partial charge is 0.497 e. The predicted octanol–water partition coefficient (Wildman–Crippen LogP) is 3.41. The second-order valence-electron chi connectivity index (χ2n) is 6.55. The van der Waals surface area contributed by atoms with Crippen LogP contribution in [0.15, 0.2) is 53.1 Å². The molecule has 0 aliphatic carbocycles. The molecule has 146 valence electrons. The second kappa shape index (κ2) is 7.10. The molecule has 4 aromatic rings. The van der Waals surface area contributed by atoms with Gasteiger partial charge in [-0.25, -0.2) is 9.07 Å². The summed E-state index contributed by atoms with van der Waals surface area (Å²) in [4.78, 5) is 4.29. The maximum Gasteiger partial charge on any atom is 0.280 e. The first-order chi connectivity index (χ1) is 14.2. The lowest BCUT2D eigenvalue weighted by molar-refractivity contribution is -0.00127. The van der Waals surface area contributed by atoms with Gasteiger partial charge in [-0.05, 0) is 29.8 Å². The second-order valence-corrected chi connectivity index (χ2v) is 6.55. The van der Waals surface area contributed by atoms with E-state index in [9.17, 15) is 4.39 Å². The SMILES string of the molecule is COc1cccc([C@@H]2Cn3nnc(-c4nc(-c5ccccc5F)no4)c3CO2)c1. The molecule has 0 bridgehead atoms. The van der Waals surface area contributed by atoms with Crippen molar-refractivity contribution in [2.75, 3.05) is 7.11 Å². The minimum atomic E-state index is -0.422. The fourth-order valence-electron chi connectivity index (χ4n) is 3.29. The molecule has 3 heterocycles. The Labute approximate surface area is 164 Å². The van der Waals surface area contributed by atoms with E-state index in [4.69, 9.17) is 14.0 Å². The molecule has 0 fully saturated rings. The van der Waals surface area contributed by atoms with Gasteiger partial charge in [0.2, 0.25) is 5.82 Å². The Bertz CT molecular complexity index is 1170. The maximum atomic E-state index is 14.0. The van der Waals surface area contributed by atoms with Gasteiger partial charge in [-0.3, -0.25) is 0 Å². The van der Waals surface area contributed by atoms with Crippen LogP contribution in [0.3, 0.4) is 0 Å². The number of benzene rings is 2. The molecule has 1 aliphatic heterocycles. The van der Waals surface area contributed by atoms with Crippen molar-refractivity contribution in [2.24, 2.45) is 0 Å². The molecule has 0 amide bonds. The molecule has 0 unspecified atom stereocenters. The van der Waals surface area contributed by atoms with E-state index in [-0.39, 0.29) is 30.0 Å². The predicted molar refractivity (Wildman–Crippen MR) is 99.2 cm³/mol. The van der Waals surface area contributed by atoms with Gasteiger partial charge in [0.25, 0.3) is 5.89 Å². The quantitative estimate of drug-likeness (QED) is 0.525. The average Bonchev–Trinajstić information content (AvgIpc) is 3.40. The van der Waals surface area contributed by atoms with Crippen LogP contribution >= 0.6 is 0 Å². The van der Waals surface area contributed by atoms with E-state index in [1.54, 1.807) is 30.0 Å². The zero-order valence-corrected chi connectivity index (χ0v) is 15.4. The Morgan fingerprint density at radius 1 is 1.17 bits per heavy atom. The first-order valence-corrected chi connectivity index (χ1v) is 9.00. The van der Waals surface area contributed by atoms with Crippen LogP contribution in [0.25, 0.3) is 23.0 Å². The smallest absolute Gasteiger partial charge is 0.280 e. The molecule has 9 heteroatoms. The van der Waals surface area contributed by atoms with Gasteiger partial charge in [-0.1, -0.05) is 34.6 Å². The summed E-state index contributed by atoms with van der Waals surface area (Å²) in [5.74, 6) is 0.677. The number of fused-ring (bicyclic) bond motifs is 1. The number of rotatable bonds is 4. The Kier molecular flexibility index (Phi) is 4.28. The van der Waals surface area contributed by atoms with Crippen molar-refractivity contribution < 1.29 is 18.4 Å². The molecule has 2 aromatic heterocycles. The molecule has 1 atom stereocenters. The zero-order chi connectivity index (χ0) is 19.8. The Balaban J connectivity index is 1.42. The molecule has 1 aliphatic rings. The third-order valence-corrected chi connectivity index (χ3v) is 4.81. The van der Waals surface area contributed by atoms with Crippen molar-refractivity contribution in [2.45, 2.75) is 19.3 Å². The number of halogens is 1. The van der Waals surface area contributed by atoms with Gasteiger partial charge in [-0.2, -0.15) is 4.98 Å². The van der Waals surface area contributed by atoms with E-state index in [2.05, 4.69) is 20.5 Å². The third-order valence-electron chi connectivity index (χ3n) is 4.81. The molecular formula is C20H16FN5O3. The molecule has 0 saturated heterocycles. The van der Waals surface area contributed by atoms with Crippen LogP contribution in [-0.2, 0) is 17.9 Å². The fraction of sp³-hybridized carbons (Fsp3) is 0.200. The van der Waals surface area contributed by atoms with Crippen molar-refractivity contribution in [3.8, 4) is 28.7 Å². The topological polar surface area (TPSA) is 88.1 Å². The summed E-state index contributed by atoms with van der Waals surface area (Å²) in [7, 11) is 1.63. The molecule has 2 aromatic carbocycles. The van der Waals surface area contributed by atoms with Crippen molar-refractivity contribution in [3.63, 3.8) is 0 Å². The highest BCUT2D eigenvalue weighted by Gasteiger charge is 2.28. The number of aromatic nitrogens is 5. The third kappa shape index (κ3) is 3.15. The van der Waals surface area contributed by atoms with Crippen molar-refractivity contribution in [1.82, 2.24) is 25.1 Å². The highest BCUT2D eigenvalue weighted by atomic mass is 19.1. The summed E-state index contributed by atoms with van der Waals surface area (Å²) >= 11 is 0. The van der Waals surface area contributed by atoms with Crippen LogP contribution in [0.5, 0.6) is 5.75 Å². The highest BCUT2D eigenvalue weighted by Crippen LogP contribution is 2.32. The normalized spacial score (nSPS) is 15.9. The first-order valence-electron chi connectivity index (χ1n) is 9.00. The lowest BCUT2D eigenvalue weighted by atomic mass is 10.1. The van der Waals surface area contributed by atoms with Crippen LogP contribution in [0, 0.1) is 5.82 Å². The van der Waals surface area contributed by atoms with Gasteiger partial charge in [0.15, 0.2) is 5.69 Å². The summed E-state index contributed by atoms with van der Waals surface area (Å²) in [6.45, 7) is 0.769. The fourth-order valence-corrected chi connectivity index (χ4v) is 3.29. The Morgan fingerprint density at radius 3 is 2.93 bits per heavy atom. The van der Waals surface area contributed by atoms with Gasteiger partial charge in [0, 0.05) is 0 Å². The van der Waals surface area contributed by atoms with E-state index < -0.39 is 5.82 Å². The maximum absolute atomic E-state index is 14.0. The van der Waals surface area contributed by atoms with E-state index in [1.165, 1.54) is 6.07 Å². The average molecular weight is 393 g/mol. The van der Waals surface area contributed by atoms with Gasteiger partial charge in [-0.15, -0.1) is 5.10 Å². The van der Waals surface area contributed by atoms with Crippen LogP contribution < -0.4 is 4.74 Å². The van der Waals surface area contributed by atoms with E-state index in [0.717, 1.165) is 17.0 Å². The summed E-state index contributed by atoms with van der Waals surface area (Å²) in [5, 5.41) is 12.3. The summed E-state index contributed by atoms with van der Waals surface area (Å²) in [6, 6.07) is 14.0. The molecule has 8 nitrogen and oxygen atoms in total. The zero-order valence-electron chi connectivity index (χ0n) is 15.4. The number of ether oxygens (including phenoxy) is 2. The molecule has 0 N–H and O–H groups in total. The van der Waals surface area contributed by atoms with Crippen molar-refractivity contribution in [3.05, 3.63) is 65.6 Å². The molecule has 0 saturated carbocycles. The van der Waals surface area contributed by atoms with E-state index in [0.29, 0.717) is 12.2 Å². The lowest BCUT2D eigenvalue weighted by Crippen LogP contribution is -2.22. The minimum absolute atomic E-state index is 0.158. The van der Waals surface area contributed by atoms with Gasteiger partial charge < -0.3 is 14.0 Å². The molecule has 5 rings (SSSR count). The molecule has 0 radical (unpaired) electrons. The number of hydrogen-bond acceptors (Lipinski definition) is 7. The van der Waals surface area contributed by atoms with Crippen LogP contribution in [0.1, 0.15) is 17.4 Å². The van der Waals surface area contributed by atoms with Crippen LogP contribution in [-0.4, -0.2) is 32.2 Å². The number of hydrogen-bond donors (Lipinski definition) is 0.